The molecular weight excluding hydrogens is 242 g/mol. The maximum absolute atomic E-state index is 12.3. The molecule has 0 saturated heterocycles. The number of aliphatic hydroxyl groups is 1. The molecule has 0 spiro atoms. The van der Waals surface area contributed by atoms with Gasteiger partial charge in [0.25, 0.3) is 11.8 Å². The summed E-state index contributed by atoms with van der Waals surface area (Å²) in [7, 11) is 0. The minimum absolute atomic E-state index is 0.256. The van der Waals surface area contributed by atoms with E-state index in [0.717, 1.165) is 0 Å². The summed E-state index contributed by atoms with van der Waals surface area (Å²) in [5, 5.41) is 9.91. The Labute approximate surface area is 111 Å². The molecule has 1 aliphatic carbocycles. The molecule has 0 bridgehead atoms. The van der Waals surface area contributed by atoms with Gasteiger partial charge in [-0.3, -0.25) is 9.59 Å². The second-order valence-electron chi connectivity index (χ2n) is 5.39. The Balaban J connectivity index is 1.95. The number of nitrogens with zero attached hydrogens (tertiary/aromatic N) is 1. The van der Waals surface area contributed by atoms with Crippen molar-refractivity contribution in [1.82, 2.24) is 4.90 Å². The first-order valence-corrected chi connectivity index (χ1v) is 6.39. The highest BCUT2D eigenvalue weighted by Gasteiger charge is 2.38. The summed E-state index contributed by atoms with van der Waals surface area (Å²) >= 11 is 0. The van der Waals surface area contributed by atoms with E-state index < -0.39 is 5.60 Å². The highest BCUT2D eigenvalue weighted by Crippen LogP contribution is 2.33. The molecule has 19 heavy (non-hydrogen) atoms. The van der Waals surface area contributed by atoms with Gasteiger partial charge < -0.3 is 5.11 Å². The van der Waals surface area contributed by atoms with Gasteiger partial charge in [0.2, 0.25) is 0 Å². The van der Waals surface area contributed by atoms with Crippen LogP contribution >= 0.6 is 0 Å². The number of hydrogen-bond donors (Lipinski definition) is 1. The van der Waals surface area contributed by atoms with Crippen LogP contribution in [0.3, 0.4) is 0 Å². The molecule has 1 aliphatic heterocycles. The highest BCUT2D eigenvalue weighted by atomic mass is 16.3. The van der Waals surface area contributed by atoms with Crippen molar-refractivity contribution in [2.75, 3.05) is 0 Å². The lowest BCUT2D eigenvalue weighted by molar-refractivity contribution is 0.0427. The SMILES string of the molecule is C[C@]1(O)CC=C(N2C(=O)c3ccccc3C2=O)CC1. The first-order valence-electron chi connectivity index (χ1n) is 6.39. The lowest BCUT2D eigenvalue weighted by atomic mass is 9.89. The fourth-order valence-electron chi connectivity index (χ4n) is 2.59. The minimum Gasteiger partial charge on any atom is -0.390 e. The lowest BCUT2D eigenvalue weighted by Crippen LogP contribution is -2.34. The molecule has 3 rings (SSSR count). The van der Waals surface area contributed by atoms with Crippen molar-refractivity contribution in [2.24, 2.45) is 0 Å². The van der Waals surface area contributed by atoms with E-state index in [9.17, 15) is 14.7 Å². The fraction of sp³-hybridized carbons (Fsp3) is 0.333. The summed E-state index contributed by atoms with van der Waals surface area (Å²) in [5.74, 6) is -0.512. The maximum Gasteiger partial charge on any atom is 0.265 e. The van der Waals surface area contributed by atoms with E-state index in [4.69, 9.17) is 0 Å². The zero-order valence-corrected chi connectivity index (χ0v) is 10.7. The predicted octanol–water partition coefficient (Wildman–Crippen LogP) is 2.10. The molecule has 1 aromatic carbocycles. The number of benzene rings is 1. The van der Waals surface area contributed by atoms with Gasteiger partial charge in [-0.25, -0.2) is 4.90 Å². The van der Waals surface area contributed by atoms with Crippen LogP contribution in [0.5, 0.6) is 0 Å². The first-order chi connectivity index (χ1) is 8.99. The van der Waals surface area contributed by atoms with Gasteiger partial charge in [0.1, 0.15) is 0 Å². The van der Waals surface area contributed by atoms with Crippen molar-refractivity contribution >= 4 is 11.8 Å². The topological polar surface area (TPSA) is 57.6 Å². The zero-order valence-electron chi connectivity index (χ0n) is 10.7. The van der Waals surface area contributed by atoms with Gasteiger partial charge in [-0.15, -0.1) is 0 Å². The van der Waals surface area contributed by atoms with Gasteiger partial charge in [0.05, 0.1) is 16.7 Å². The third-order valence-corrected chi connectivity index (χ3v) is 3.78. The first kappa shape index (κ1) is 12.1. The van der Waals surface area contributed by atoms with E-state index in [1.165, 1.54) is 4.90 Å². The van der Waals surface area contributed by atoms with Crippen molar-refractivity contribution < 1.29 is 14.7 Å². The van der Waals surface area contributed by atoms with Crippen molar-refractivity contribution in [3.63, 3.8) is 0 Å². The van der Waals surface area contributed by atoms with Gasteiger partial charge in [0, 0.05) is 5.70 Å². The fourth-order valence-corrected chi connectivity index (χ4v) is 2.59. The number of rotatable bonds is 1. The number of imide groups is 1. The summed E-state index contributed by atoms with van der Waals surface area (Å²) in [4.78, 5) is 25.8. The molecule has 4 heteroatoms. The molecule has 0 radical (unpaired) electrons. The summed E-state index contributed by atoms with van der Waals surface area (Å²) < 4.78 is 0. The summed E-state index contributed by atoms with van der Waals surface area (Å²) in [6.07, 6.45) is 3.37. The van der Waals surface area contributed by atoms with Crippen LogP contribution in [0.1, 0.15) is 46.9 Å². The van der Waals surface area contributed by atoms with Gasteiger partial charge >= 0.3 is 0 Å². The highest BCUT2D eigenvalue weighted by molar-refractivity contribution is 6.22. The number of allylic oxidation sites excluding steroid dienone is 1. The van der Waals surface area contributed by atoms with Crippen molar-refractivity contribution in [3.05, 3.63) is 47.2 Å². The van der Waals surface area contributed by atoms with E-state index in [-0.39, 0.29) is 11.8 Å². The van der Waals surface area contributed by atoms with Crippen LogP contribution < -0.4 is 0 Å². The van der Waals surface area contributed by atoms with Crippen molar-refractivity contribution in [2.45, 2.75) is 31.8 Å². The number of carbonyl (C=O) groups is 2. The Bertz CT molecular complexity index is 566. The Morgan fingerprint density at radius 3 is 2.21 bits per heavy atom. The summed E-state index contributed by atoms with van der Waals surface area (Å²) in [6, 6.07) is 6.87. The Hall–Kier alpha value is -1.94. The van der Waals surface area contributed by atoms with Crippen LogP contribution in [0, 0.1) is 0 Å². The quantitative estimate of drug-likeness (QED) is 0.784. The summed E-state index contributed by atoms with van der Waals surface area (Å²) in [5.41, 5.74) is 0.900. The maximum atomic E-state index is 12.3. The third-order valence-electron chi connectivity index (χ3n) is 3.78. The van der Waals surface area contributed by atoms with Crippen LogP contribution in [-0.2, 0) is 0 Å². The number of carbonyl (C=O) groups excluding carboxylic acids is 2. The van der Waals surface area contributed by atoms with Crippen LogP contribution in [-0.4, -0.2) is 27.4 Å². The number of hydrogen-bond acceptors (Lipinski definition) is 3. The van der Waals surface area contributed by atoms with Crippen molar-refractivity contribution in [3.8, 4) is 0 Å². The molecule has 1 atom stereocenters. The van der Waals surface area contributed by atoms with E-state index in [2.05, 4.69) is 0 Å². The van der Waals surface area contributed by atoms with Gasteiger partial charge in [0.15, 0.2) is 0 Å². The van der Waals surface area contributed by atoms with Crippen LogP contribution in [0.4, 0.5) is 0 Å². The Morgan fingerprint density at radius 2 is 1.74 bits per heavy atom. The second-order valence-corrected chi connectivity index (χ2v) is 5.39. The standard InChI is InChI=1S/C15H15NO3/c1-15(19)8-6-10(7-9-15)16-13(17)11-4-2-3-5-12(11)14(16)18/h2-6,19H,7-9H2,1H3/t15-/m0/s1. The van der Waals surface area contributed by atoms with Crippen molar-refractivity contribution in [1.29, 1.82) is 0 Å². The minimum atomic E-state index is -0.734. The Morgan fingerprint density at radius 1 is 1.16 bits per heavy atom. The van der Waals surface area contributed by atoms with Crippen LogP contribution in [0.2, 0.25) is 0 Å². The lowest BCUT2D eigenvalue weighted by Gasteiger charge is -2.30. The third kappa shape index (κ3) is 1.88. The molecule has 2 amide bonds. The van der Waals surface area contributed by atoms with Crippen LogP contribution in [0.15, 0.2) is 36.0 Å². The van der Waals surface area contributed by atoms with E-state index in [1.807, 2.05) is 0 Å². The van der Waals surface area contributed by atoms with Gasteiger partial charge in [-0.2, -0.15) is 0 Å². The molecule has 0 unspecified atom stereocenters. The average Bonchev–Trinajstić information content (AvgIpc) is 2.64. The van der Waals surface area contributed by atoms with E-state index >= 15 is 0 Å². The molecule has 1 heterocycles. The molecule has 1 N–H and O–H groups in total. The van der Waals surface area contributed by atoms with E-state index in [1.54, 1.807) is 37.3 Å². The number of amides is 2. The predicted molar refractivity (Wildman–Crippen MR) is 69.5 cm³/mol. The number of fused-ring (bicyclic) bond motifs is 1. The normalized spacial score (nSPS) is 26.4. The average molecular weight is 257 g/mol. The molecule has 0 fully saturated rings. The zero-order chi connectivity index (χ0) is 13.6. The second kappa shape index (κ2) is 4.03. The molecule has 2 aliphatic rings. The smallest absolute Gasteiger partial charge is 0.265 e. The molecular formula is C15H15NO3. The van der Waals surface area contributed by atoms with E-state index in [0.29, 0.717) is 36.1 Å². The Kier molecular flexibility index (Phi) is 2.57. The molecule has 1 aromatic rings. The monoisotopic (exact) mass is 257 g/mol. The molecule has 98 valence electrons. The van der Waals surface area contributed by atoms with Gasteiger partial charge in [-0.05, 0) is 38.3 Å². The molecule has 0 aromatic heterocycles. The summed E-state index contributed by atoms with van der Waals surface area (Å²) in [6.45, 7) is 1.77. The largest absolute Gasteiger partial charge is 0.390 e. The molecule has 0 saturated carbocycles. The molecule has 4 nitrogen and oxygen atoms in total. The van der Waals surface area contributed by atoms with Crippen LogP contribution in [0.25, 0.3) is 0 Å². The van der Waals surface area contributed by atoms with Gasteiger partial charge in [-0.1, -0.05) is 18.2 Å².